The number of Topliss-reactive ketones (excluding diaryl/α,β-unsaturated/α-hetero) is 1. The minimum atomic E-state index is -2.39. The van der Waals surface area contributed by atoms with Crippen molar-refractivity contribution in [1.82, 2.24) is 5.32 Å². The summed E-state index contributed by atoms with van der Waals surface area (Å²) in [5.74, 6) is -5.54. The summed E-state index contributed by atoms with van der Waals surface area (Å²) in [4.78, 5) is 69.2. The number of rotatable bonds is 9. The molecule has 15 heteroatoms. The monoisotopic (exact) mass is 823 g/mol. The number of amides is 1. The van der Waals surface area contributed by atoms with E-state index in [1.165, 1.54) is 53.9 Å². The maximum Gasteiger partial charge on any atom is 0.408 e. The molecule has 0 aromatic heterocycles. The average Bonchev–Trinajstić information content (AvgIpc) is 3.15. The van der Waals surface area contributed by atoms with Crippen LogP contribution in [0.3, 0.4) is 0 Å². The molecule has 59 heavy (non-hydrogen) atoms. The number of methoxy groups -OCH3 is 1. The Morgan fingerprint density at radius 1 is 0.915 bits per heavy atom. The van der Waals surface area contributed by atoms with Crippen molar-refractivity contribution < 1.29 is 68.1 Å². The second kappa shape index (κ2) is 16.4. The van der Waals surface area contributed by atoms with Crippen LogP contribution in [0.1, 0.15) is 97.1 Å². The molecule has 0 saturated heterocycles. The van der Waals surface area contributed by atoms with E-state index in [1.807, 2.05) is 0 Å². The van der Waals surface area contributed by atoms with E-state index in [4.69, 9.17) is 23.7 Å². The lowest BCUT2D eigenvalue weighted by atomic mass is 9.45. The first-order valence-electron chi connectivity index (χ1n) is 19.6. The van der Waals surface area contributed by atoms with Gasteiger partial charge < -0.3 is 49.4 Å². The molecule has 0 spiro atoms. The van der Waals surface area contributed by atoms with Crippen molar-refractivity contribution in [3.05, 3.63) is 82.9 Å². The largest absolute Gasteiger partial charge is 0.456 e. The molecule has 2 fully saturated rings. The maximum absolute atomic E-state index is 15.0. The zero-order chi connectivity index (χ0) is 44.0. The van der Waals surface area contributed by atoms with Crippen LogP contribution in [0, 0.1) is 16.7 Å². The molecule has 5 N–H and O–H groups in total. The predicted molar refractivity (Wildman–Crippen MR) is 210 cm³/mol. The van der Waals surface area contributed by atoms with Crippen molar-refractivity contribution >= 4 is 29.8 Å². The summed E-state index contributed by atoms with van der Waals surface area (Å²) in [6.07, 6.45) is -11.8. The average molecular weight is 824 g/mol. The molecule has 0 heterocycles. The van der Waals surface area contributed by atoms with E-state index in [0.29, 0.717) is 5.56 Å². The number of carbonyl (C=O) groups is 5. The zero-order valence-corrected chi connectivity index (χ0v) is 35.2. The van der Waals surface area contributed by atoms with Crippen molar-refractivity contribution in [3.8, 4) is 0 Å². The fraction of sp³-hybridized carbons (Fsp3) is 0.568. The van der Waals surface area contributed by atoms with Gasteiger partial charge in [0.1, 0.15) is 35.1 Å². The van der Waals surface area contributed by atoms with Crippen molar-refractivity contribution in [2.45, 2.75) is 135 Å². The Balaban J connectivity index is 1.69. The topological polar surface area (TPSA) is 224 Å². The molecule has 3 aliphatic carbocycles. The second-order valence-electron chi connectivity index (χ2n) is 17.7. The van der Waals surface area contributed by atoms with Gasteiger partial charge in [-0.2, -0.15) is 0 Å². The molecule has 15 nitrogen and oxygen atoms in total. The predicted octanol–water partition coefficient (Wildman–Crippen LogP) is 3.90. The van der Waals surface area contributed by atoms with Crippen LogP contribution in [0.25, 0.3) is 0 Å². The Bertz CT molecular complexity index is 1960. The quantitative estimate of drug-likeness (QED) is 0.138. The fourth-order valence-electron chi connectivity index (χ4n) is 9.55. The molecule has 0 radical (unpaired) electrons. The molecule has 2 aromatic rings. The number of carbonyl (C=O) groups excluding carboxylic acids is 5. The molecule has 2 aromatic carbocycles. The maximum atomic E-state index is 15.0. The molecule has 5 rings (SSSR count). The summed E-state index contributed by atoms with van der Waals surface area (Å²) >= 11 is 0. The molecular weight excluding hydrogens is 766 g/mol. The van der Waals surface area contributed by atoms with E-state index >= 15 is 4.79 Å². The Kier molecular flexibility index (Phi) is 12.6. The van der Waals surface area contributed by atoms with E-state index in [0.717, 1.165) is 6.92 Å². The third-order valence-corrected chi connectivity index (χ3v) is 12.6. The molecule has 0 aliphatic heterocycles. The fourth-order valence-corrected chi connectivity index (χ4v) is 9.55. The van der Waals surface area contributed by atoms with Gasteiger partial charge in [0.15, 0.2) is 11.9 Å². The molecular formula is C44H57NO14. The Morgan fingerprint density at radius 3 is 2.03 bits per heavy atom. The van der Waals surface area contributed by atoms with Gasteiger partial charge in [-0.1, -0.05) is 62.4 Å². The first-order chi connectivity index (χ1) is 27.3. The highest BCUT2D eigenvalue weighted by atomic mass is 16.6. The third kappa shape index (κ3) is 8.15. The van der Waals surface area contributed by atoms with Gasteiger partial charge in [-0.25, -0.2) is 14.4 Å². The molecule has 1 unspecified atom stereocenters. The van der Waals surface area contributed by atoms with Crippen molar-refractivity contribution in [2.24, 2.45) is 16.7 Å². The Labute approximate surface area is 344 Å². The van der Waals surface area contributed by atoms with Crippen LogP contribution in [0.5, 0.6) is 0 Å². The van der Waals surface area contributed by atoms with Crippen LogP contribution in [-0.4, -0.2) is 111 Å². The van der Waals surface area contributed by atoms with Crippen LogP contribution in [0.2, 0.25) is 0 Å². The first-order valence-corrected chi connectivity index (χ1v) is 19.6. The van der Waals surface area contributed by atoms with Crippen molar-refractivity contribution in [1.29, 1.82) is 0 Å². The van der Waals surface area contributed by atoms with Crippen molar-refractivity contribution in [2.75, 3.05) is 7.11 Å². The summed E-state index contributed by atoms with van der Waals surface area (Å²) in [6.45, 7) is 13.5. The van der Waals surface area contributed by atoms with Gasteiger partial charge in [0.05, 0.1) is 35.1 Å². The van der Waals surface area contributed by atoms with Gasteiger partial charge in [0.25, 0.3) is 0 Å². The SMILES string of the molecule is CO[C@@H]1C[C@H](O)[C@@]2(C)C(=O)[C@H](O)C3=C(C)[C@@H](OC(=O)[C@H](O)C(NC(=O)OC(C)(C)C)c4ccccc4)C[C@@](O)([C@@H](OC(=O)c4ccccc4)[C@@H]2[C@@]1(C)OC(C)=O)C3(C)C. The standard InChI is InChI=1S/C44H57NO14/c1-23-27(56-38(52)33(49)31(25-17-13-11-14-18-25)45-39(53)59-40(3,4)5)22-44(54)36(57-37(51)26-19-15-12-16-20-26)34-42(8,35(50)32(48)30(23)41(44,6)7)28(47)21-29(55-10)43(34,9)58-24(2)46/h11-20,27-29,31-34,36,47-49,54H,21-22H2,1-10H3,(H,45,53)/t27-,28-,29+,31?,32+,33+,34-,36-,42+,43-,44+/m0/s1. The third-order valence-electron chi connectivity index (χ3n) is 12.6. The van der Waals surface area contributed by atoms with Crippen LogP contribution in [0.4, 0.5) is 4.79 Å². The van der Waals surface area contributed by atoms with Crippen LogP contribution in [-0.2, 0) is 38.1 Å². The lowest BCUT2D eigenvalue weighted by Gasteiger charge is -2.64. The summed E-state index contributed by atoms with van der Waals surface area (Å²) in [5, 5.41) is 51.8. The highest BCUT2D eigenvalue weighted by Crippen LogP contribution is 2.62. The molecule has 322 valence electrons. The van der Waals surface area contributed by atoms with E-state index in [-0.39, 0.29) is 23.1 Å². The van der Waals surface area contributed by atoms with Gasteiger partial charge in [0.2, 0.25) is 0 Å². The number of hydrogen-bond donors (Lipinski definition) is 5. The molecule has 3 aliphatic rings. The zero-order valence-electron chi connectivity index (χ0n) is 35.2. The number of ketones is 1. The number of hydrogen-bond acceptors (Lipinski definition) is 14. The molecule has 11 atom stereocenters. The van der Waals surface area contributed by atoms with Gasteiger partial charge in [0, 0.05) is 32.3 Å². The normalized spacial score (nSPS) is 32.6. The minimum absolute atomic E-state index is 0.0659. The summed E-state index contributed by atoms with van der Waals surface area (Å²) in [6, 6.07) is 14.6. The summed E-state index contributed by atoms with van der Waals surface area (Å²) in [5.41, 5.74) is -8.47. The van der Waals surface area contributed by atoms with E-state index in [2.05, 4.69) is 5.32 Å². The van der Waals surface area contributed by atoms with Gasteiger partial charge >= 0.3 is 24.0 Å². The minimum Gasteiger partial charge on any atom is -0.456 e. The van der Waals surface area contributed by atoms with Gasteiger partial charge in [-0.15, -0.1) is 0 Å². The van der Waals surface area contributed by atoms with Crippen LogP contribution < -0.4 is 5.32 Å². The molecule has 1 amide bonds. The molecule has 2 bridgehead atoms. The van der Waals surface area contributed by atoms with E-state index < -0.39 is 112 Å². The highest BCUT2D eigenvalue weighted by molar-refractivity contribution is 5.94. The smallest absolute Gasteiger partial charge is 0.408 e. The summed E-state index contributed by atoms with van der Waals surface area (Å²) in [7, 11) is 1.32. The number of benzene rings is 2. The number of aliphatic hydroxyl groups is 4. The first kappa shape index (κ1) is 45.4. The van der Waals surface area contributed by atoms with Crippen LogP contribution >= 0.6 is 0 Å². The number of aliphatic hydroxyl groups excluding tert-OH is 3. The van der Waals surface area contributed by atoms with Crippen molar-refractivity contribution in [3.63, 3.8) is 0 Å². The highest BCUT2D eigenvalue weighted by Gasteiger charge is 2.74. The van der Waals surface area contributed by atoms with E-state index in [1.54, 1.807) is 69.3 Å². The Hall–Kier alpha value is -4.67. The molecule has 2 saturated carbocycles. The number of nitrogens with one attached hydrogen (secondary N) is 1. The van der Waals surface area contributed by atoms with Gasteiger partial charge in [-0.3, -0.25) is 9.59 Å². The number of esters is 3. The second-order valence-corrected chi connectivity index (χ2v) is 17.7. The number of alkyl carbamates (subject to hydrolysis) is 1. The lowest BCUT2D eigenvalue weighted by Crippen LogP contribution is -2.77. The number of ether oxygens (including phenoxy) is 5. The summed E-state index contributed by atoms with van der Waals surface area (Å²) < 4.78 is 29.5. The van der Waals surface area contributed by atoms with Gasteiger partial charge in [-0.05, 0) is 70.4 Å². The Morgan fingerprint density at radius 2 is 1.49 bits per heavy atom. The lowest BCUT2D eigenvalue weighted by molar-refractivity contribution is -0.282. The van der Waals surface area contributed by atoms with E-state index in [9.17, 15) is 39.6 Å². The van der Waals surface area contributed by atoms with Crippen LogP contribution in [0.15, 0.2) is 71.8 Å². The number of fused-ring (bicyclic) bond motifs is 3.